The van der Waals surface area contributed by atoms with Crippen molar-refractivity contribution in [1.82, 2.24) is 14.6 Å². The van der Waals surface area contributed by atoms with Crippen LogP contribution in [-0.2, 0) is 10.0 Å². The Morgan fingerprint density at radius 3 is 2.70 bits per heavy atom. The quantitative estimate of drug-likeness (QED) is 0.888. The first-order valence-corrected chi connectivity index (χ1v) is 8.29. The third-order valence-electron chi connectivity index (χ3n) is 3.59. The van der Waals surface area contributed by atoms with Crippen LogP contribution >= 0.6 is 0 Å². The van der Waals surface area contributed by atoms with Gasteiger partial charge in [0.05, 0.1) is 6.20 Å². The minimum Gasteiger partial charge on any atom is -0.317 e. The van der Waals surface area contributed by atoms with Crippen LogP contribution in [0.25, 0.3) is 0 Å². The lowest BCUT2D eigenvalue weighted by Gasteiger charge is -2.28. The summed E-state index contributed by atoms with van der Waals surface area (Å²) in [4.78, 5) is 3.55. The summed E-state index contributed by atoms with van der Waals surface area (Å²) in [6.45, 7) is 4.50. The van der Waals surface area contributed by atoms with E-state index in [1.54, 1.807) is 6.92 Å². The molecule has 0 bridgehead atoms. The van der Waals surface area contributed by atoms with Crippen molar-refractivity contribution in [1.29, 1.82) is 0 Å². The Kier molecular flexibility index (Phi) is 5.06. The van der Waals surface area contributed by atoms with Crippen molar-refractivity contribution >= 4 is 10.0 Å². The van der Waals surface area contributed by atoms with Gasteiger partial charge in [0, 0.05) is 19.3 Å². The first-order valence-electron chi connectivity index (χ1n) is 6.85. The summed E-state index contributed by atoms with van der Waals surface area (Å²) in [5.41, 5.74) is 0. The minimum atomic E-state index is -3.66. The zero-order valence-corrected chi connectivity index (χ0v) is 12.4. The fourth-order valence-electron chi connectivity index (χ4n) is 2.43. The fraction of sp³-hybridized carbons (Fsp3) is 0.615. The van der Waals surface area contributed by atoms with Crippen LogP contribution < -0.4 is 5.32 Å². The zero-order valence-electron chi connectivity index (χ0n) is 11.5. The lowest BCUT2D eigenvalue weighted by Crippen LogP contribution is -2.39. The van der Waals surface area contributed by atoms with Gasteiger partial charge in [0.1, 0.15) is 10.7 Å². The molecule has 0 aliphatic carbocycles. The van der Waals surface area contributed by atoms with Gasteiger partial charge >= 0.3 is 0 Å². The van der Waals surface area contributed by atoms with Crippen LogP contribution in [0.5, 0.6) is 0 Å². The van der Waals surface area contributed by atoms with Crippen LogP contribution in [0, 0.1) is 11.7 Å². The molecular formula is C13H20FN3O2S. The zero-order chi connectivity index (χ0) is 14.6. The summed E-state index contributed by atoms with van der Waals surface area (Å²) in [6, 6.07) is 1.02. The molecule has 1 aromatic rings. The van der Waals surface area contributed by atoms with Crippen molar-refractivity contribution < 1.29 is 12.8 Å². The Balaban J connectivity index is 2.16. The number of piperidine rings is 1. The second kappa shape index (κ2) is 6.60. The van der Waals surface area contributed by atoms with E-state index in [0.717, 1.165) is 38.2 Å². The molecule has 112 valence electrons. The van der Waals surface area contributed by atoms with Gasteiger partial charge in [-0.25, -0.2) is 12.8 Å². The summed E-state index contributed by atoms with van der Waals surface area (Å²) < 4.78 is 39.6. The Bertz CT molecular complexity index is 544. The van der Waals surface area contributed by atoms with E-state index in [4.69, 9.17) is 0 Å². The maximum atomic E-state index is 13.2. The lowest BCUT2D eigenvalue weighted by molar-refractivity contribution is 0.294. The molecule has 1 aromatic heterocycles. The summed E-state index contributed by atoms with van der Waals surface area (Å²) >= 11 is 0. The van der Waals surface area contributed by atoms with E-state index in [1.807, 2.05) is 0 Å². The molecule has 0 unspecified atom stereocenters. The van der Waals surface area contributed by atoms with Gasteiger partial charge in [-0.1, -0.05) is 6.92 Å². The smallest absolute Gasteiger partial charge is 0.244 e. The third-order valence-corrected chi connectivity index (χ3v) is 5.50. The number of hydrogen-bond donors (Lipinski definition) is 1. The van der Waals surface area contributed by atoms with Gasteiger partial charge in [-0.3, -0.25) is 4.98 Å². The molecule has 0 radical (unpaired) electrons. The van der Waals surface area contributed by atoms with E-state index in [9.17, 15) is 12.8 Å². The van der Waals surface area contributed by atoms with E-state index >= 15 is 0 Å². The molecule has 0 saturated carbocycles. The molecule has 1 fully saturated rings. The number of hydrogen-bond acceptors (Lipinski definition) is 4. The van der Waals surface area contributed by atoms with Gasteiger partial charge < -0.3 is 5.32 Å². The Morgan fingerprint density at radius 2 is 2.10 bits per heavy atom. The molecule has 0 amide bonds. The number of sulfonamides is 1. The topological polar surface area (TPSA) is 62.3 Å². The summed E-state index contributed by atoms with van der Waals surface area (Å²) in [5, 5.41) is 3.26. The molecule has 1 aliphatic heterocycles. The van der Waals surface area contributed by atoms with Crippen molar-refractivity contribution in [2.24, 2.45) is 5.92 Å². The molecular weight excluding hydrogens is 281 g/mol. The number of rotatable bonds is 5. The van der Waals surface area contributed by atoms with Gasteiger partial charge in [0.15, 0.2) is 0 Å². The van der Waals surface area contributed by atoms with Gasteiger partial charge in [0.25, 0.3) is 0 Å². The molecule has 1 aliphatic rings. The predicted octanol–water partition coefficient (Wildman–Crippen LogP) is 1.23. The highest BCUT2D eigenvalue weighted by Crippen LogP contribution is 2.20. The average molecular weight is 301 g/mol. The first-order chi connectivity index (χ1) is 9.54. The number of halogens is 1. The Hall–Kier alpha value is -1.05. The lowest BCUT2D eigenvalue weighted by atomic mass is 9.98. The highest BCUT2D eigenvalue weighted by molar-refractivity contribution is 7.89. The van der Waals surface area contributed by atoms with Crippen molar-refractivity contribution in [2.75, 3.05) is 26.2 Å². The monoisotopic (exact) mass is 301 g/mol. The summed E-state index contributed by atoms with van der Waals surface area (Å²) in [6.07, 6.45) is 4.13. The Labute approximate surface area is 119 Å². The largest absolute Gasteiger partial charge is 0.317 e. The van der Waals surface area contributed by atoms with E-state index < -0.39 is 15.8 Å². The molecule has 1 saturated heterocycles. The summed E-state index contributed by atoms with van der Waals surface area (Å²) in [5.74, 6) is -0.281. The van der Waals surface area contributed by atoms with E-state index in [2.05, 4.69) is 10.3 Å². The Morgan fingerprint density at radius 1 is 1.40 bits per heavy atom. The second-order valence-corrected chi connectivity index (χ2v) is 6.93. The highest BCUT2D eigenvalue weighted by Gasteiger charge is 2.27. The van der Waals surface area contributed by atoms with Crippen LogP contribution in [-0.4, -0.2) is 43.9 Å². The standard InChI is InChI=1S/C13H20FN3O2S/c1-2-17(10-11-3-5-15-6-4-11)20(18,19)13-7-12(14)8-16-9-13/h7-9,11,15H,2-6,10H2,1H3. The summed E-state index contributed by atoms with van der Waals surface area (Å²) in [7, 11) is -3.66. The molecule has 1 N–H and O–H groups in total. The van der Waals surface area contributed by atoms with Crippen molar-refractivity contribution in [3.05, 3.63) is 24.3 Å². The normalized spacial score (nSPS) is 17.6. The van der Waals surface area contributed by atoms with Crippen LogP contribution in [0.3, 0.4) is 0 Å². The predicted molar refractivity (Wildman–Crippen MR) is 74.2 cm³/mol. The van der Waals surface area contributed by atoms with Crippen LogP contribution in [0.15, 0.2) is 23.4 Å². The molecule has 2 heterocycles. The van der Waals surface area contributed by atoms with Crippen LogP contribution in [0.1, 0.15) is 19.8 Å². The molecule has 20 heavy (non-hydrogen) atoms. The maximum absolute atomic E-state index is 13.2. The maximum Gasteiger partial charge on any atom is 0.244 e. The minimum absolute atomic E-state index is 0.0757. The van der Waals surface area contributed by atoms with Crippen molar-refractivity contribution in [3.63, 3.8) is 0 Å². The number of nitrogens with zero attached hydrogens (tertiary/aromatic N) is 2. The number of pyridine rings is 1. The highest BCUT2D eigenvalue weighted by atomic mass is 32.2. The molecule has 0 atom stereocenters. The fourth-order valence-corrected chi connectivity index (χ4v) is 3.93. The first kappa shape index (κ1) is 15.3. The van der Waals surface area contributed by atoms with E-state index in [-0.39, 0.29) is 4.90 Å². The second-order valence-electron chi connectivity index (χ2n) is 4.99. The molecule has 0 spiro atoms. The molecule has 7 heteroatoms. The van der Waals surface area contributed by atoms with E-state index in [1.165, 1.54) is 10.5 Å². The van der Waals surface area contributed by atoms with Gasteiger partial charge in [-0.05, 0) is 37.9 Å². The van der Waals surface area contributed by atoms with Gasteiger partial charge in [-0.15, -0.1) is 0 Å². The molecule has 2 rings (SSSR count). The third kappa shape index (κ3) is 3.53. The van der Waals surface area contributed by atoms with Gasteiger partial charge in [-0.2, -0.15) is 4.31 Å². The average Bonchev–Trinajstić information content (AvgIpc) is 2.45. The number of nitrogens with one attached hydrogen (secondary N) is 1. The van der Waals surface area contributed by atoms with Crippen molar-refractivity contribution in [2.45, 2.75) is 24.7 Å². The van der Waals surface area contributed by atoms with E-state index in [0.29, 0.717) is 19.0 Å². The van der Waals surface area contributed by atoms with Crippen molar-refractivity contribution in [3.8, 4) is 0 Å². The number of aromatic nitrogens is 1. The van der Waals surface area contributed by atoms with Gasteiger partial charge in [0.2, 0.25) is 10.0 Å². The SMILES string of the molecule is CCN(CC1CCNCC1)S(=O)(=O)c1cncc(F)c1. The molecule has 5 nitrogen and oxygen atoms in total. The van der Waals surface area contributed by atoms with Crippen LogP contribution in [0.2, 0.25) is 0 Å². The van der Waals surface area contributed by atoms with Crippen LogP contribution in [0.4, 0.5) is 4.39 Å². The molecule has 0 aromatic carbocycles.